The van der Waals surface area contributed by atoms with E-state index in [0.29, 0.717) is 6.61 Å². The van der Waals surface area contributed by atoms with Crippen molar-refractivity contribution in [3.8, 4) is 5.75 Å². The van der Waals surface area contributed by atoms with Crippen molar-refractivity contribution in [1.29, 1.82) is 0 Å². The first-order valence-corrected chi connectivity index (χ1v) is 7.59. The molecule has 1 unspecified atom stereocenters. The second kappa shape index (κ2) is 7.28. The third-order valence-electron chi connectivity index (χ3n) is 3.72. The Labute approximate surface area is 128 Å². The number of benzene rings is 2. The van der Waals surface area contributed by atoms with E-state index in [2.05, 4.69) is 62.5 Å². The largest absolute Gasteiger partial charge is 0.492 e. The monoisotopic (exact) mass is 283 g/mol. The lowest BCUT2D eigenvalue weighted by Gasteiger charge is -2.19. The van der Waals surface area contributed by atoms with Crippen molar-refractivity contribution in [3.63, 3.8) is 0 Å². The third-order valence-corrected chi connectivity index (χ3v) is 3.72. The molecular formula is C19H25NO. The van der Waals surface area contributed by atoms with E-state index < -0.39 is 0 Å². The van der Waals surface area contributed by atoms with E-state index >= 15 is 0 Å². The highest BCUT2D eigenvalue weighted by Gasteiger charge is 2.11. The lowest BCUT2D eigenvalue weighted by Crippen LogP contribution is -2.23. The molecule has 2 aromatic carbocycles. The van der Waals surface area contributed by atoms with Crippen LogP contribution in [0.2, 0.25) is 0 Å². The van der Waals surface area contributed by atoms with Gasteiger partial charge in [-0.3, -0.25) is 0 Å². The van der Waals surface area contributed by atoms with Crippen LogP contribution >= 0.6 is 0 Å². The Kier molecular flexibility index (Phi) is 5.40. The summed E-state index contributed by atoms with van der Waals surface area (Å²) in [6.45, 7) is 7.06. The second-order valence-corrected chi connectivity index (χ2v) is 5.57. The molecule has 2 nitrogen and oxygen atoms in total. The summed E-state index contributed by atoms with van der Waals surface area (Å²) in [5.74, 6) is 0.943. The van der Waals surface area contributed by atoms with Crippen molar-refractivity contribution in [3.05, 3.63) is 64.7 Å². The predicted molar refractivity (Wildman–Crippen MR) is 89.0 cm³/mol. The maximum Gasteiger partial charge on any atom is 0.119 e. The number of hydrogen-bond donors (Lipinski definition) is 1. The van der Waals surface area contributed by atoms with Crippen LogP contribution < -0.4 is 10.1 Å². The maximum absolute atomic E-state index is 5.97. The van der Waals surface area contributed by atoms with Gasteiger partial charge in [0.2, 0.25) is 0 Å². The van der Waals surface area contributed by atoms with Crippen LogP contribution in [-0.2, 0) is 6.42 Å². The van der Waals surface area contributed by atoms with Gasteiger partial charge in [-0.25, -0.2) is 0 Å². The molecule has 0 aliphatic carbocycles. The van der Waals surface area contributed by atoms with Crippen molar-refractivity contribution in [2.24, 2.45) is 0 Å². The topological polar surface area (TPSA) is 21.3 Å². The summed E-state index contributed by atoms with van der Waals surface area (Å²) >= 11 is 0. The van der Waals surface area contributed by atoms with Crippen LogP contribution in [0.3, 0.4) is 0 Å². The molecule has 112 valence electrons. The summed E-state index contributed by atoms with van der Waals surface area (Å²) in [6, 6.07) is 15.2. The van der Waals surface area contributed by atoms with Crippen molar-refractivity contribution in [2.75, 3.05) is 13.7 Å². The van der Waals surface area contributed by atoms with Crippen molar-refractivity contribution in [1.82, 2.24) is 5.32 Å². The fourth-order valence-electron chi connectivity index (χ4n) is 2.59. The Hall–Kier alpha value is -1.80. The molecule has 0 saturated carbocycles. The third kappa shape index (κ3) is 4.33. The molecule has 0 heterocycles. The molecule has 0 aliphatic rings. The Morgan fingerprint density at radius 2 is 1.76 bits per heavy atom. The lowest BCUT2D eigenvalue weighted by atomic mass is 10.0. The average molecular weight is 283 g/mol. The van der Waals surface area contributed by atoms with E-state index in [1.54, 1.807) is 0 Å². The maximum atomic E-state index is 5.97. The molecule has 1 atom stereocenters. The smallest absolute Gasteiger partial charge is 0.119 e. The van der Waals surface area contributed by atoms with Gasteiger partial charge in [-0.2, -0.15) is 0 Å². The SMILES string of the molecule is CCc1cccc(OCC(NC)c2cc(C)cc(C)c2)c1. The van der Waals surface area contributed by atoms with Gasteiger partial charge < -0.3 is 10.1 Å². The minimum Gasteiger partial charge on any atom is -0.492 e. The number of hydrogen-bond acceptors (Lipinski definition) is 2. The highest BCUT2D eigenvalue weighted by molar-refractivity contribution is 5.32. The lowest BCUT2D eigenvalue weighted by molar-refractivity contribution is 0.273. The van der Waals surface area contributed by atoms with E-state index in [1.807, 2.05) is 13.1 Å². The first-order valence-electron chi connectivity index (χ1n) is 7.59. The molecular weight excluding hydrogens is 258 g/mol. The molecule has 2 heteroatoms. The summed E-state index contributed by atoms with van der Waals surface area (Å²) in [6.07, 6.45) is 1.03. The molecule has 21 heavy (non-hydrogen) atoms. The zero-order valence-electron chi connectivity index (χ0n) is 13.4. The normalized spacial score (nSPS) is 12.2. The van der Waals surface area contributed by atoms with Crippen LogP contribution in [0.1, 0.15) is 35.2 Å². The fourth-order valence-corrected chi connectivity index (χ4v) is 2.59. The predicted octanol–water partition coefficient (Wildman–Crippen LogP) is 4.21. The van der Waals surface area contributed by atoms with Crippen LogP contribution in [-0.4, -0.2) is 13.7 Å². The van der Waals surface area contributed by atoms with Crippen LogP contribution in [0.25, 0.3) is 0 Å². The van der Waals surface area contributed by atoms with Gasteiger partial charge in [-0.1, -0.05) is 48.4 Å². The first kappa shape index (κ1) is 15.6. The van der Waals surface area contributed by atoms with Gasteiger partial charge >= 0.3 is 0 Å². The Balaban J connectivity index is 2.08. The van der Waals surface area contributed by atoms with Gasteiger partial charge in [-0.15, -0.1) is 0 Å². The molecule has 0 aliphatic heterocycles. The molecule has 2 rings (SSSR count). The van der Waals surface area contributed by atoms with E-state index in [9.17, 15) is 0 Å². The van der Waals surface area contributed by atoms with Crippen LogP contribution in [0, 0.1) is 13.8 Å². The van der Waals surface area contributed by atoms with Gasteiger partial charge in [0.15, 0.2) is 0 Å². The molecule has 0 fully saturated rings. The summed E-state index contributed by atoms with van der Waals surface area (Å²) in [7, 11) is 1.98. The highest BCUT2D eigenvalue weighted by Crippen LogP contribution is 2.20. The van der Waals surface area contributed by atoms with Crippen LogP contribution in [0.4, 0.5) is 0 Å². The molecule has 0 saturated heterocycles. The van der Waals surface area contributed by atoms with Crippen molar-refractivity contribution in [2.45, 2.75) is 33.2 Å². The van der Waals surface area contributed by atoms with Crippen LogP contribution in [0.5, 0.6) is 5.75 Å². The quantitative estimate of drug-likeness (QED) is 0.857. The highest BCUT2D eigenvalue weighted by atomic mass is 16.5. The standard InChI is InChI=1S/C19H25NO/c1-5-16-7-6-8-18(12-16)21-13-19(20-4)17-10-14(2)9-15(3)11-17/h6-12,19-20H,5,13H2,1-4H3. The van der Waals surface area contributed by atoms with Gasteiger partial charge in [-0.05, 0) is 50.6 Å². The van der Waals surface area contributed by atoms with Crippen molar-refractivity contribution >= 4 is 0 Å². The molecule has 0 bridgehead atoms. The zero-order chi connectivity index (χ0) is 15.2. The number of aryl methyl sites for hydroxylation is 3. The summed E-state index contributed by atoms with van der Waals surface area (Å²) in [4.78, 5) is 0. The van der Waals surface area contributed by atoms with E-state index in [0.717, 1.165) is 12.2 Å². The summed E-state index contributed by atoms with van der Waals surface area (Å²) < 4.78 is 5.97. The second-order valence-electron chi connectivity index (χ2n) is 5.57. The minimum absolute atomic E-state index is 0.203. The molecule has 1 N–H and O–H groups in total. The number of rotatable bonds is 6. The fraction of sp³-hybridized carbons (Fsp3) is 0.368. The van der Waals surface area contributed by atoms with Gasteiger partial charge in [0.25, 0.3) is 0 Å². The number of ether oxygens (including phenoxy) is 1. The van der Waals surface area contributed by atoms with Crippen molar-refractivity contribution < 1.29 is 4.74 Å². The molecule has 2 aromatic rings. The Bertz CT molecular complexity index is 572. The van der Waals surface area contributed by atoms with Crippen LogP contribution in [0.15, 0.2) is 42.5 Å². The molecule has 0 spiro atoms. The van der Waals surface area contributed by atoms with E-state index in [1.165, 1.54) is 22.3 Å². The van der Waals surface area contributed by atoms with E-state index in [-0.39, 0.29) is 6.04 Å². The Morgan fingerprint density at radius 1 is 1.05 bits per heavy atom. The van der Waals surface area contributed by atoms with E-state index in [4.69, 9.17) is 4.74 Å². The summed E-state index contributed by atoms with van der Waals surface area (Å²) in [5, 5.41) is 3.35. The summed E-state index contributed by atoms with van der Waals surface area (Å²) in [5.41, 5.74) is 5.16. The first-order chi connectivity index (χ1) is 10.1. The molecule has 0 amide bonds. The Morgan fingerprint density at radius 3 is 2.38 bits per heavy atom. The van der Waals surface area contributed by atoms with Gasteiger partial charge in [0.1, 0.15) is 12.4 Å². The zero-order valence-corrected chi connectivity index (χ0v) is 13.4. The average Bonchev–Trinajstić information content (AvgIpc) is 2.47. The van der Waals surface area contributed by atoms with Gasteiger partial charge in [0, 0.05) is 0 Å². The minimum atomic E-state index is 0.203. The molecule has 0 radical (unpaired) electrons. The number of likely N-dealkylation sites (N-methyl/N-ethyl adjacent to an activating group) is 1. The molecule has 0 aromatic heterocycles. The van der Waals surface area contributed by atoms with Gasteiger partial charge in [0.05, 0.1) is 6.04 Å². The number of nitrogens with one attached hydrogen (secondary N) is 1.